The Morgan fingerprint density at radius 1 is 0.939 bits per heavy atom. The maximum absolute atomic E-state index is 13.0. The standard InChI is InChI=1S/C26H26N2O5/c1-14-5-7-18(9-15(14)2)27-25(30)20-13-19-21(28-26(20)31)10-17(11-22(19)29)16-6-8-23(32-3)24(12-16)33-4/h5-9,12-13,17H,10-11H2,1-4H3,(H,27,30)(H,28,31). The van der Waals surface area contributed by atoms with Gasteiger partial charge in [0.05, 0.1) is 14.2 Å². The van der Waals surface area contributed by atoms with Crippen LogP contribution in [0.3, 0.4) is 0 Å². The highest BCUT2D eigenvalue weighted by atomic mass is 16.5. The molecule has 170 valence electrons. The fourth-order valence-corrected chi connectivity index (χ4v) is 4.16. The highest BCUT2D eigenvalue weighted by Crippen LogP contribution is 2.36. The maximum Gasteiger partial charge on any atom is 0.261 e. The molecule has 7 heteroatoms. The second kappa shape index (κ2) is 8.94. The van der Waals surface area contributed by atoms with Crippen molar-refractivity contribution in [3.8, 4) is 11.5 Å². The number of H-pyrrole nitrogens is 1. The number of hydrogen-bond acceptors (Lipinski definition) is 5. The number of carbonyl (C=O) groups is 2. The number of ether oxygens (including phenoxy) is 2. The molecule has 0 aliphatic heterocycles. The van der Waals surface area contributed by atoms with Crippen molar-refractivity contribution in [2.24, 2.45) is 0 Å². The number of aromatic nitrogens is 1. The number of ketones is 1. The molecule has 1 atom stereocenters. The lowest BCUT2D eigenvalue weighted by atomic mass is 9.81. The van der Waals surface area contributed by atoms with E-state index in [9.17, 15) is 14.4 Å². The highest BCUT2D eigenvalue weighted by Gasteiger charge is 2.29. The number of carbonyl (C=O) groups excluding carboxylic acids is 2. The molecule has 0 spiro atoms. The molecular weight excluding hydrogens is 420 g/mol. The van der Waals surface area contributed by atoms with E-state index < -0.39 is 11.5 Å². The summed E-state index contributed by atoms with van der Waals surface area (Å²) in [5, 5.41) is 2.75. The molecule has 1 aliphatic carbocycles. The lowest BCUT2D eigenvalue weighted by Gasteiger charge is -2.24. The molecule has 0 radical (unpaired) electrons. The van der Waals surface area contributed by atoms with Crippen molar-refractivity contribution in [1.82, 2.24) is 4.98 Å². The number of Topliss-reactive ketones (excluding diaryl/α,β-unsaturated/α-hetero) is 1. The molecule has 0 fully saturated rings. The zero-order chi connectivity index (χ0) is 23.7. The Morgan fingerprint density at radius 2 is 1.70 bits per heavy atom. The number of pyridine rings is 1. The molecule has 1 aromatic heterocycles. The SMILES string of the molecule is COc1ccc(C2CC(=O)c3cc(C(=O)Nc4ccc(C)c(C)c4)c(=O)[nH]c3C2)cc1OC. The predicted octanol–water partition coefficient (Wildman–Crippen LogP) is 4.17. The first-order valence-corrected chi connectivity index (χ1v) is 10.7. The van der Waals surface area contributed by atoms with Crippen LogP contribution in [-0.4, -0.2) is 30.9 Å². The fourth-order valence-electron chi connectivity index (χ4n) is 4.16. The van der Waals surface area contributed by atoms with Crippen LogP contribution in [0.25, 0.3) is 0 Å². The molecule has 33 heavy (non-hydrogen) atoms. The lowest BCUT2D eigenvalue weighted by molar-refractivity contribution is 0.0963. The van der Waals surface area contributed by atoms with Crippen molar-refractivity contribution in [2.45, 2.75) is 32.6 Å². The van der Waals surface area contributed by atoms with Crippen molar-refractivity contribution in [3.05, 3.63) is 86.3 Å². The summed E-state index contributed by atoms with van der Waals surface area (Å²) < 4.78 is 10.7. The molecule has 7 nitrogen and oxygen atoms in total. The van der Waals surface area contributed by atoms with Gasteiger partial charge in [0.25, 0.3) is 11.5 Å². The molecule has 2 aromatic carbocycles. The number of aromatic amines is 1. The third-order valence-electron chi connectivity index (χ3n) is 6.19. The van der Waals surface area contributed by atoms with Gasteiger partial charge in [0.2, 0.25) is 0 Å². The van der Waals surface area contributed by atoms with Gasteiger partial charge < -0.3 is 19.8 Å². The number of methoxy groups -OCH3 is 2. The highest BCUT2D eigenvalue weighted by molar-refractivity contribution is 6.06. The van der Waals surface area contributed by atoms with E-state index in [1.165, 1.54) is 6.07 Å². The number of fused-ring (bicyclic) bond motifs is 1. The zero-order valence-corrected chi connectivity index (χ0v) is 19.1. The van der Waals surface area contributed by atoms with Gasteiger partial charge in [-0.15, -0.1) is 0 Å². The summed E-state index contributed by atoms with van der Waals surface area (Å²) in [7, 11) is 3.13. The van der Waals surface area contributed by atoms with Gasteiger partial charge >= 0.3 is 0 Å². The Balaban J connectivity index is 1.61. The van der Waals surface area contributed by atoms with Gasteiger partial charge in [-0.2, -0.15) is 0 Å². The third kappa shape index (κ3) is 4.39. The van der Waals surface area contributed by atoms with E-state index in [0.717, 1.165) is 16.7 Å². The van der Waals surface area contributed by atoms with Crippen molar-refractivity contribution < 1.29 is 19.1 Å². The number of hydrogen-bond donors (Lipinski definition) is 2. The van der Waals surface area contributed by atoms with Crippen LogP contribution in [-0.2, 0) is 6.42 Å². The van der Waals surface area contributed by atoms with E-state index in [2.05, 4.69) is 10.3 Å². The van der Waals surface area contributed by atoms with Gasteiger partial charge in [-0.1, -0.05) is 12.1 Å². The number of nitrogens with one attached hydrogen (secondary N) is 2. The topological polar surface area (TPSA) is 97.5 Å². The molecule has 4 rings (SSSR count). The average Bonchev–Trinajstić information content (AvgIpc) is 2.80. The summed E-state index contributed by atoms with van der Waals surface area (Å²) in [6.07, 6.45) is 0.748. The zero-order valence-electron chi connectivity index (χ0n) is 19.1. The Labute approximate surface area is 191 Å². The van der Waals surface area contributed by atoms with E-state index in [-0.39, 0.29) is 23.7 Å². The summed E-state index contributed by atoms with van der Waals surface area (Å²) in [6.45, 7) is 3.93. The fraction of sp³-hybridized carbons (Fsp3) is 0.269. The smallest absolute Gasteiger partial charge is 0.261 e. The molecule has 1 heterocycles. The molecule has 1 aliphatic rings. The van der Waals surface area contributed by atoms with Crippen LogP contribution in [0.5, 0.6) is 11.5 Å². The third-order valence-corrected chi connectivity index (χ3v) is 6.19. The Kier molecular flexibility index (Phi) is 6.05. The lowest BCUT2D eigenvalue weighted by Crippen LogP contribution is -2.29. The van der Waals surface area contributed by atoms with E-state index >= 15 is 0 Å². The molecule has 2 N–H and O–H groups in total. The van der Waals surface area contributed by atoms with E-state index in [1.54, 1.807) is 26.4 Å². The van der Waals surface area contributed by atoms with Crippen LogP contribution in [0.4, 0.5) is 5.69 Å². The van der Waals surface area contributed by atoms with E-state index in [0.29, 0.717) is 34.9 Å². The van der Waals surface area contributed by atoms with Crippen LogP contribution in [0.1, 0.15) is 55.4 Å². The van der Waals surface area contributed by atoms with Crippen LogP contribution < -0.4 is 20.3 Å². The Morgan fingerprint density at radius 3 is 2.39 bits per heavy atom. The number of amides is 1. The molecule has 1 amide bonds. The molecule has 0 bridgehead atoms. The number of aryl methyl sites for hydroxylation is 2. The van der Waals surface area contributed by atoms with Crippen molar-refractivity contribution in [3.63, 3.8) is 0 Å². The summed E-state index contributed by atoms with van der Waals surface area (Å²) in [5.41, 5.74) is 3.98. The summed E-state index contributed by atoms with van der Waals surface area (Å²) in [6, 6.07) is 12.5. The predicted molar refractivity (Wildman–Crippen MR) is 126 cm³/mol. The first-order chi connectivity index (χ1) is 15.8. The second-order valence-electron chi connectivity index (χ2n) is 8.30. The molecular formula is C26H26N2O5. The largest absolute Gasteiger partial charge is 0.493 e. The molecule has 1 unspecified atom stereocenters. The van der Waals surface area contributed by atoms with Crippen LogP contribution in [0.15, 0.2) is 47.3 Å². The Bertz CT molecular complexity index is 1310. The van der Waals surface area contributed by atoms with Crippen molar-refractivity contribution in [2.75, 3.05) is 19.5 Å². The van der Waals surface area contributed by atoms with Gasteiger partial charge in [-0.25, -0.2) is 0 Å². The van der Waals surface area contributed by atoms with Crippen LogP contribution in [0, 0.1) is 13.8 Å². The maximum atomic E-state index is 13.0. The number of benzene rings is 2. The normalized spacial score (nSPS) is 15.0. The minimum absolute atomic E-state index is 0.0788. The van der Waals surface area contributed by atoms with Gasteiger partial charge in [0.15, 0.2) is 17.3 Å². The van der Waals surface area contributed by atoms with Crippen molar-refractivity contribution >= 4 is 17.4 Å². The first-order valence-electron chi connectivity index (χ1n) is 10.7. The van der Waals surface area contributed by atoms with Gasteiger partial charge in [-0.05, 0) is 73.2 Å². The second-order valence-corrected chi connectivity index (χ2v) is 8.30. The minimum Gasteiger partial charge on any atom is -0.493 e. The number of rotatable bonds is 5. The van der Waals surface area contributed by atoms with Crippen LogP contribution in [0.2, 0.25) is 0 Å². The quantitative estimate of drug-likeness (QED) is 0.613. The van der Waals surface area contributed by atoms with E-state index in [4.69, 9.17) is 9.47 Å². The van der Waals surface area contributed by atoms with Crippen LogP contribution >= 0.6 is 0 Å². The monoisotopic (exact) mass is 446 g/mol. The van der Waals surface area contributed by atoms with Crippen molar-refractivity contribution in [1.29, 1.82) is 0 Å². The van der Waals surface area contributed by atoms with E-state index in [1.807, 2.05) is 38.1 Å². The molecule has 0 saturated carbocycles. The minimum atomic E-state index is -0.544. The Hall–Kier alpha value is -3.87. The van der Waals surface area contributed by atoms with Gasteiger partial charge in [-0.3, -0.25) is 14.4 Å². The average molecular weight is 447 g/mol. The van der Waals surface area contributed by atoms with Gasteiger partial charge in [0.1, 0.15) is 5.56 Å². The summed E-state index contributed by atoms with van der Waals surface area (Å²) >= 11 is 0. The molecule has 0 saturated heterocycles. The van der Waals surface area contributed by atoms with Gasteiger partial charge in [0, 0.05) is 23.4 Å². The molecule has 3 aromatic rings. The summed E-state index contributed by atoms with van der Waals surface area (Å²) in [4.78, 5) is 41.2. The first kappa shape index (κ1) is 22.3. The summed E-state index contributed by atoms with van der Waals surface area (Å²) in [5.74, 6) is 0.414. The number of anilines is 1.